The van der Waals surface area contributed by atoms with Gasteiger partial charge in [0.2, 0.25) is 0 Å². The lowest BCUT2D eigenvalue weighted by atomic mass is 9.97. The molecule has 2 aromatic rings. The number of fused-ring (bicyclic) bond motifs is 1. The summed E-state index contributed by atoms with van der Waals surface area (Å²) in [4.78, 5) is 23.5. The Morgan fingerprint density at radius 3 is 2.35 bits per heavy atom. The van der Waals surface area contributed by atoms with Crippen LogP contribution in [0.2, 0.25) is 0 Å². The van der Waals surface area contributed by atoms with Gasteiger partial charge in [-0.2, -0.15) is 0 Å². The van der Waals surface area contributed by atoms with Crippen LogP contribution in [-0.4, -0.2) is 46.7 Å². The van der Waals surface area contributed by atoms with Crippen LogP contribution in [0.15, 0.2) is 42.5 Å². The number of halogens is 1. The fourth-order valence-corrected chi connectivity index (χ4v) is 5.07. The highest BCUT2D eigenvalue weighted by molar-refractivity contribution is 5.95. The maximum absolute atomic E-state index is 13.9. The van der Waals surface area contributed by atoms with Gasteiger partial charge in [-0.1, -0.05) is 30.3 Å². The van der Waals surface area contributed by atoms with Crippen molar-refractivity contribution in [3.05, 3.63) is 70.5 Å². The van der Waals surface area contributed by atoms with Crippen LogP contribution in [0, 0.1) is 24.6 Å². The lowest BCUT2D eigenvalue weighted by Gasteiger charge is -2.26. The number of carbonyl (C=O) groups excluding carboxylic acids is 1. The zero-order valence-electron chi connectivity index (χ0n) is 18.0. The van der Waals surface area contributed by atoms with Crippen molar-refractivity contribution in [2.45, 2.75) is 51.2 Å². The Kier molecular flexibility index (Phi) is 7.44. The summed E-state index contributed by atoms with van der Waals surface area (Å²) in [6.07, 6.45) is 4.09. The second-order valence-corrected chi connectivity index (χ2v) is 8.71. The molecule has 0 bridgehead atoms. The third-order valence-electron chi connectivity index (χ3n) is 6.71. The van der Waals surface area contributed by atoms with Crippen molar-refractivity contribution >= 4 is 12.4 Å². The van der Waals surface area contributed by atoms with Gasteiger partial charge in [0.1, 0.15) is 5.82 Å². The minimum Gasteiger partial charge on any atom is -0.483 e. The third-order valence-corrected chi connectivity index (χ3v) is 6.71. The largest absolute Gasteiger partial charge is 0.483 e. The zero-order chi connectivity index (χ0) is 22.5. The van der Waals surface area contributed by atoms with Gasteiger partial charge in [0, 0.05) is 18.7 Å². The molecule has 2 aliphatic carbocycles. The molecule has 0 saturated heterocycles. The smallest absolute Gasteiger partial charge is 0.290 e. The van der Waals surface area contributed by atoms with E-state index in [-0.39, 0.29) is 30.3 Å². The number of aryl methyl sites for hydroxylation is 1. The summed E-state index contributed by atoms with van der Waals surface area (Å²) in [5.74, 6) is 0.911. The van der Waals surface area contributed by atoms with Crippen LogP contribution in [-0.2, 0) is 11.2 Å². The number of aliphatic hydroxyl groups is 1. The average molecular weight is 428 g/mol. The monoisotopic (exact) mass is 427 g/mol. The van der Waals surface area contributed by atoms with Gasteiger partial charge in [-0.25, -0.2) is 4.39 Å². The molecule has 4 atom stereocenters. The van der Waals surface area contributed by atoms with Crippen LogP contribution in [0.3, 0.4) is 0 Å². The highest BCUT2D eigenvalue weighted by Gasteiger charge is 2.43. The molecule has 4 rings (SSSR count). The topological polar surface area (TPSA) is 77.8 Å². The molecular formula is C25H30FNO4. The number of rotatable bonds is 4. The van der Waals surface area contributed by atoms with Crippen LogP contribution in [0.25, 0.3) is 0 Å². The van der Waals surface area contributed by atoms with Crippen LogP contribution in [0.4, 0.5) is 4.39 Å². The molecule has 31 heavy (non-hydrogen) atoms. The highest BCUT2D eigenvalue weighted by atomic mass is 19.1. The Labute approximate surface area is 182 Å². The lowest BCUT2D eigenvalue weighted by Crippen LogP contribution is -2.36. The fourth-order valence-electron chi connectivity index (χ4n) is 5.07. The number of benzene rings is 2. The maximum Gasteiger partial charge on any atom is 0.290 e. The number of hydrogen-bond acceptors (Lipinski definition) is 3. The van der Waals surface area contributed by atoms with Gasteiger partial charge in [-0.15, -0.1) is 0 Å². The first kappa shape index (κ1) is 22.9. The van der Waals surface area contributed by atoms with Gasteiger partial charge in [0.25, 0.3) is 12.4 Å². The first-order valence-corrected chi connectivity index (χ1v) is 10.7. The predicted molar refractivity (Wildman–Crippen MR) is 116 cm³/mol. The highest BCUT2D eigenvalue weighted by Crippen LogP contribution is 2.45. The van der Waals surface area contributed by atoms with Gasteiger partial charge >= 0.3 is 0 Å². The predicted octanol–water partition coefficient (Wildman–Crippen LogP) is 4.05. The molecular weight excluding hydrogens is 397 g/mol. The molecule has 2 unspecified atom stereocenters. The minimum atomic E-state index is -0.250. The van der Waals surface area contributed by atoms with E-state index in [9.17, 15) is 14.3 Å². The Morgan fingerprint density at radius 1 is 1.13 bits per heavy atom. The average Bonchev–Trinajstić information content (AvgIpc) is 3.28. The molecule has 2 fully saturated rings. The van der Waals surface area contributed by atoms with Crippen molar-refractivity contribution < 1.29 is 24.2 Å². The molecule has 2 N–H and O–H groups in total. The minimum absolute atomic E-state index is 0.0358. The molecule has 2 saturated carbocycles. The fraction of sp³-hybridized carbons (Fsp3) is 0.440. The second kappa shape index (κ2) is 10.1. The Morgan fingerprint density at radius 2 is 1.74 bits per heavy atom. The molecule has 6 heteroatoms. The Hall–Kier alpha value is -2.73. The number of carboxylic acid groups (broad SMARTS) is 1. The normalized spacial score (nSPS) is 24.1. The SMILES string of the molecule is Cc1ccc(Cc2ccccc2C(=O)N(C)C2C[C@H]3CC(O)C[C@H]3C2)cc1F.O=CO. The molecule has 0 spiro atoms. The molecule has 2 aromatic carbocycles. The first-order valence-electron chi connectivity index (χ1n) is 10.7. The standard InChI is InChI=1S/C24H28FNO2.CH2O2/c1-15-7-8-16(10-23(15)25)9-17-5-3-4-6-22(17)24(28)26(2)20-11-18-13-21(27)14-19(18)12-20;2-1-3/h3-8,10,18-21,27H,9,11-14H2,1-2H3;1H,(H,2,3)/t18-,19+,20?,21?;. The maximum atomic E-state index is 13.9. The summed E-state index contributed by atoms with van der Waals surface area (Å²) < 4.78 is 13.9. The van der Waals surface area contributed by atoms with Crippen molar-refractivity contribution in [1.29, 1.82) is 0 Å². The summed E-state index contributed by atoms with van der Waals surface area (Å²) in [6, 6.07) is 13.2. The summed E-state index contributed by atoms with van der Waals surface area (Å²) >= 11 is 0. The Bertz CT molecular complexity index is 917. The van der Waals surface area contributed by atoms with Gasteiger partial charge in [-0.3, -0.25) is 9.59 Å². The number of aliphatic hydroxyl groups excluding tert-OH is 1. The van der Waals surface area contributed by atoms with E-state index >= 15 is 0 Å². The van der Waals surface area contributed by atoms with E-state index in [0.29, 0.717) is 29.4 Å². The molecule has 166 valence electrons. The number of carbonyl (C=O) groups is 2. The molecule has 0 radical (unpaired) electrons. The Balaban J connectivity index is 0.000000858. The van der Waals surface area contributed by atoms with E-state index < -0.39 is 0 Å². The van der Waals surface area contributed by atoms with E-state index in [1.165, 1.54) is 0 Å². The summed E-state index contributed by atoms with van der Waals surface area (Å²) in [6.45, 7) is 1.50. The molecule has 5 nitrogen and oxygen atoms in total. The summed E-state index contributed by atoms with van der Waals surface area (Å²) in [7, 11) is 1.90. The molecule has 0 aliphatic heterocycles. The summed E-state index contributed by atoms with van der Waals surface area (Å²) in [5.41, 5.74) is 3.12. The van der Waals surface area contributed by atoms with Gasteiger partial charge in [-0.05, 0) is 79.7 Å². The number of amides is 1. The van der Waals surface area contributed by atoms with Gasteiger partial charge < -0.3 is 15.1 Å². The van der Waals surface area contributed by atoms with E-state index in [4.69, 9.17) is 9.90 Å². The van der Waals surface area contributed by atoms with Crippen molar-refractivity contribution in [2.75, 3.05) is 7.05 Å². The van der Waals surface area contributed by atoms with E-state index in [2.05, 4.69) is 0 Å². The summed E-state index contributed by atoms with van der Waals surface area (Å²) in [5, 5.41) is 16.7. The first-order chi connectivity index (χ1) is 14.8. The van der Waals surface area contributed by atoms with Crippen LogP contribution in [0.5, 0.6) is 0 Å². The number of nitrogens with zero attached hydrogens (tertiary/aromatic N) is 1. The van der Waals surface area contributed by atoms with Crippen molar-refractivity contribution in [1.82, 2.24) is 4.90 Å². The van der Waals surface area contributed by atoms with Gasteiger partial charge in [0.05, 0.1) is 6.10 Å². The number of hydrogen-bond donors (Lipinski definition) is 2. The van der Waals surface area contributed by atoms with Crippen molar-refractivity contribution in [3.63, 3.8) is 0 Å². The zero-order valence-corrected chi connectivity index (χ0v) is 18.0. The quantitative estimate of drug-likeness (QED) is 0.722. The van der Waals surface area contributed by atoms with Crippen molar-refractivity contribution in [2.24, 2.45) is 11.8 Å². The van der Waals surface area contributed by atoms with E-state index in [1.807, 2.05) is 42.3 Å². The molecule has 2 aliphatic rings. The van der Waals surface area contributed by atoms with Crippen LogP contribution < -0.4 is 0 Å². The third kappa shape index (κ3) is 5.31. The van der Waals surface area contributed by atoms with E-state index in [0.717, 1.165) is 36.8 Å². The second-order valence-electron chi connectivity index (χ2n) is 8.71. The lowest BCUT2D eigenvalue weighted by molar-refractivity contribution is -0.122. The molecule has 1 amide bonds. The van der Waals surface area contributed by atoms with Crippen LogP contribution >= 0.6 is 0 Å². The van der Waals surface area contributed by atoms with Crippen molar-refractivity contribution in [3.8, 4) is 0 Å². The molecule has 0 heterocycles. The van der Waals surface area contributed by atoms with E-state index in [1.54, 1.807) is 19.1 Å². The van der Waals surface area contributed by atoms with Gasteiger partial charge in [0.15, 0.2) is 0 Å². The van der Waals surface area contributed by atoms with Crippen LogP contribution in [0.1, 0.15) is 52.7 Å². The molecule has 0 aromatic heterocycles.